The highest BCUT2D eigenvalue weighted by atomic mass is 16.5. The van der Waals surface area contributed by atoms with Crippen molar-refractivity contribution < 1.29 is 20.1 Å². The van der Waals surface area contributed by atoms with Gasteiger partial charge in [-0.2, -0.15) is 0 Å². The van der Waals surface area contributed by atoms with Gasteiger partial charge in [-0.1, -0.05) is 61.5 Å². The molecule has 1 unspecified atom stereocenters. The molecule has 0 saturated carbocycles. The molecule has 0 bridgehead atoms. The second kappa shape index (κ2) is 9.92. The molecule has 0 spiro atoms. The molecule has 1 atom stereocenters. The molecule has 0 fully saturated rings. The molecule has 0 aliphatic carbocycles. The Bertz CT molecular complexity index is 929. The van der Waals surface area contributed by atoms with Crippen molar-refractivity contribution in [2.45, 2.75) is 19.4 Å². The van der Waals surface area contributed by atoms with Crippen molar-refractivity contribution in [1.29, 1.82) is 0 Å². The van der Waals surface area contributed by atoms with Gasteiger partial charge in [0.05, 0.1) is 6.61 Å². The molecule has 3 aromatic rings. The zero-order valence-electron chi connectivity index (χ0n) is 16.5. The molecular formula is C25H26O4. The first-order chi connectivity index (χ1) is 14.1. The summed E-state index contributed by atoms with van der Waals surface area (Å²) < 4.78 is 5.53. The molecule has 3 rings (SSSR count). The second-order valence-electron chi connectivity index (χ2n) is 6.79. The number of phenolic OH excluding ortho intramolecular Hbond substituents is 1. The summed E-state index contributed by atoms with van der Waals surface area (Å²) in [6, 6.07) is 25.2. The second-order valence-corrected chi connectivity index (χ2v) is 6.79. The summed E-state index contributed by atoms with van der Waals surface area (Å²) in [6.07, 6.45) is -0.0480. The predicted octanol–water partition coefficient (Wildman–Crippen LogP) is 4.49. The summed E-state index contributed by atoms with van der Waals surface area (Å²) in [5, 5.41) is 28.1. The van der Waals surface area contributed by atoms with E-state index < -0.39 is 6.10 Å². The maximum atomic E-state index is 9.71. The number of aromatic hydroxyl groups is 1. The van der Waals surface area contributed by atoms with Crippen LogP contribution in [0.3, 0.4) is 0 Å². The number of phenols is 1. The minimum atomic E-state index is -0.896. The van der Waals surface area contributed by atoms with Gasteiger partial charge in [0.1, 0.15) is 24.2 Å². The van der Waals surface area contributed by atoms with Crippen molar-refractivity contribution >= 4 is 11.1 Å². The van der Waals surface area contributed by atoms with E-state index in [0.717, 1.165) is 28.7 Å². The van der Waals surface area contributed by atoms with E-state index in [-0.39, 0.29) is 19.0 Å². The van der Waals surface area contributed by atoms with Crippen LogP contribution in [-0.2, 0) is 0 Å². The van der Waals surface area contributed by atoms with Gasteiger partial charge in [-0.3, -0.25) is 0 Å². The third-order valence-electron chi connectivity index (χ3n) is 4.73. The van der Waals surface area contributed by atoms with E-state index in [1.165, 1.54) is 5.57 Å². The molecule has 0 amide bonds. The highest BCUT2D eigenvalue weighted by Gasteiger charge is 2.13. The molecule has 0 saturated heterocycles. The third kappa shape index (κ3) is 5.25. The highest BCUT2D eigenvalue weighted by Crippen LogP contribution is 2.35. The fourth-order valence-electron chi connectivity index (χ4n) is 3.27. The van der Waals surface area contributed by atoms with E-state index in [2.05, 4.69) is 19.1 Å². The number of ether oxygens (including phenoxy) is 1. The number of hydrogen-bond donors (Lipinski definition) is 3. The van der Waals surface area contributed by atoms with Gasteiger partial charge in [0.15, 0.2) is 0 Å². The summed E-state index contributed by atoms with van der Waals surface area (Å²) in [5.74, 6) is 0.862. The first-order valence-electron chi connectivity index (χ1n) is 9.72. The zero-order valence-corrected chi connectivity index (χ0v) is 16.5. The first-order valence-corrected chi connectivity index (χ1v) is 9.72. The smallest absolute Gasteiger partial charge is 0.119 e. The lowest BCUT2D eigenvalue weighted by Crippen LogP contribution is -2.21. The number of benzene rings is 3. The monoisotopic (exact) mass is 390 g/mol. The number of rotatable bonds is 8. The van der Waals surface area contributed by atoms with Gasteiger partial charge in [-0.25, -0.2) is 0 Å². The van der Waals surface area contributed by atoms with Crippen molar-refractivity contribution in [3.8, 4) is 11.5 Å². The SMILES string of the molecule is CCC(=C(c1ccc(O)cc1)c1ccc(OCC(O)CO)cc1)c1ccccc1. The van der Waals surface area contributed by atoms with Crippen LogP contribution >= 0.6 is 0 Å². The number of aliphatic hydroxyl groups excluding tert-OH is 2. The Hall–Kier alpha value is -3.08. The molecule has 0 aromatic heterocycles. The molecular weight excluding hydrogens is 364 g/mol. The van der Waals surface area contributed by atoms with Crippen LogP contribution in [-0.4, -0.2) is 34.6 Å². The summed E-state index contributed by atoms with van der Waals surface area (Å²) in [7, 11) is 0. The Morgan fingerprint density at radius 3 is 1.97 bits per heavy atom. The van der Waals surface area contributed by atoms with Crippen LogP contribution in [0, 0.1) is 0 Å². The first kappa shape index (κ1) is 20.6. The van der Waals surface area contributed by atoms with Gasteiger partial charge in [-0.05, 0) is 58.5 Å². The van der Waals surface area contributed by atoms with E-state index in [1.54, 1.807) is 12.1 Å². The van der Waals surface area contributed by atoms with Gasteiger partial charge < -0.3 is 20.1 Å². The van der Waals surface area contributed by atoms with Gasteiger partial charge in [0.2, 0.25) is 0 Å². The minimum absolute atomic E-state index is 0.0424. The van der Waals surface area contributed by atoms with Crippen LogP contribution < -0.4 is 4.74 Å². The van der Waals surface area contributed by atoms with Crippen molar-refractivity contribution in [3.05, 3.63) is 95.6 Å². The number of aliphatic hydroxyl groups is 2. The van der Waals surface area contributed by atoms with E-state index in [1.807, 2.05) is 54.6 Å². The molecule has 0 aliphatic rings. The Kier molecular flexibility index (Phi) is 7.06. The van der Waals surface area contributed by atoms with Crippen LogP contribution in [0.15, 0.2) is 78.9 Å². The Labute approximate surface area is 171 Å². The molecule has 29 heavy (non-hydrogen) atoms. The Balaban J connectivity index is 2.04. The number of hydrogen-bond acceptors (Lipinski definition) is 4. The molecule has 4 nitrogen and oxygen atoms in total. The lowest BCUT2D eigenvalue weighted by Gasteiger charge is -2.17. The van der Waals surface area contributed by atoms with Gasteiger partial charge in [0.25, 0.3) is 0 Å². The molecule has 3 aromatic carbocycles. The number of allylic oxidation sites excluding steroid dienone is 1. The standard InChI is InChI=1S/C25H26O4/c1-2-24(18-6-4-3-5-7-18)25(19-8-12-21(27)13-9-19)20-10-14-23(15-11-20)29-17-22(28)16-26/h3-15,22,26-28H,2,16-17H2,1H3. The summed E-state index contributed by atoms with van der Waals surface area (Å²) in [6.45, 7) is 1.85. The summed E-state index contributed by atoms with van der Waals surface area (Å²) >= 11 is 0. The van der Waals surface area contributed by atoms with E-state index in [4.69, 9.17) is 9.84 Å². The average molecular weight is 390 g/mol. The van der Waals surface area contributed by atoms with Gasteiger partial charge in [0, 0.05) is 0 Å². The van der Waals surface area contributed by atoms with Crippen molar-refractivity contribution in [2.75, 3.05) is 13.2 Å². The van der Waals surface area contributed by atoms with Gasteiger partial charge in [-0.15, -0.1) is 0 Å². The average Bonchev–Trinajstić information content (AvgIpc) is 2.77. The fourth-order valence-corrected chi connectivity index (χ4v) is 3.27. The zero-order chi connectivity index (χ0) is 20.6. The molecule has 150 valence electrons. The Morgan fingerprint density at radius 1 is 0.828 bits per heavy atom. The topological polar surface area (TPSA) is 69.9 Å². The molecule has 0 heterocycles. The van der Waals surface area contributed by atoms with Crippen molar-refractivity contribution in [2.24, 2.45) is 0 Å². The normalized spacial score (nSPS) is 12.9. The van der Waals surface area contributed by atoms with Crippen LogP contribution in [0.4, 0.5) is 0 Å². The van der Waals surface area contributed by atoms with Crippen LogP contribution in [0.25, 0.3) is 11.1 Å². The maximum absolute atomic E-state index is 9.71. The largest absolute Gasteiger partial charge is 0.508 e. The molecule has 3 N–H and O–H groups in total. The minimum Gasteiger partial charge on any atom is -0.508 e. The van der Waals surface area contributed by atoms with Gasteiger partial charge >= 0.3 is 0 Å². The van der Waals surface area contributed by atoms with Crippen LogP contribution in [0.1, 0.15) is 30.0 Å². The maximum Gasteiger partial charge on any atom is 0.119 e. The van der Waals surface area contributed by atoms with Crippen molar-refractivity contribution in [1.82, 2.24) is 0 Å². The summed E-state index contributed by atoms with van der Waals surface area (Å²) in [5.41, 5.74) is 5.52. The summed E-state index contributed by atoms with van der Waals surface area (Å²) in [4.78, 5) is 0. The lowest BCUT2D eigenvalue weighted by atomic mass is 9.88. The molecule has 0 radical (unpaired) electrons. The fraction of sp³-hybridized carbons (Fsp3) is 0.200. The molecule has 0 aliphatic heterocycles. The third-order valence-corrected chi connectivity index (χ3v) is 4.73. The lowest BCUT2D eigenvalue weighted by molar-refractivity contribution is 0.0536. The quantitative estimate of drug-likeness (QED) is 0.496. The van der Waals surface area contributed by atoms with Crippen LogP contribution in [0.5, 0.6) is 11.5 Å². The van der Waals surface area contributed by atoms with Crippen LogP contribution in [0.2, 0.25) is 0 Å². The van der Waals surface area contributed by atoms with Crippen molar-refractivity contribution in [3.63, 3.8) is 0 Å². The van der Waals surface area contributed by atoms with E-state index in [0.29, 0.717) is 5.75 Å². The highest BCUT2D eigenvalue weighted by molar-refractivity contribution is 5.98. The van der Waals surface area contributed by atoms with E-state index in [9.17, 15) is 10.2 Å². The Morgan fingerprint density at radius 2 is 1.41 bits per heavy atom. The predicted molar refractivity (Wildman–Crippen MR) is 116 cm³/mol. The van der Waals surface area contributed by atoms with E-state index >= 15 is 0 Å². The molecule has 4 heteroatoms.